The van der Waals surface area contributed by atoms with Crippen LogP contribution in [-0.2, 0) is 31.1 Å². The maximum atomic E-state index is 13.1. The third-order valence-corrected chi connectivity index (χ3v) is 10.4. The summed E-state index contributed by atoms with van der Waals surface area (Å²) in [6.45, 7) is 13.3. The average Bonchev–Trinajstić information content (AvgIpc) is 2.71. The fourth-order valence-electron chi connectivity index (χ4n) is 3.14. The molecule has 0 aliphatic heterocycles. The Morgan fingerprint density at radius 3 is 1.03 bits per heavy atom. The summed E-state index contributed by atoms with van der Waals surface area (Å²) in [5.41, 5.74) is -0.797. The van der Waals surface area contributed by atoms with E-state index in [1.165, 1.54) is 0 Å². The second-order valence-corrected chi connectivity index (χ2v) is 15.8. The van der Waals surface area contributed by atoms with Crippen molar-refractivity contribution in [2.75, 3.05) is 0 Å². The highest BCUT2D eigenvalue weighted by Crippen LogP contribution is 2.31. The van der Waals surface area contributed by atoms with Crippen LogP contribution in [0.5, 0.6) is 0 Å². The first kappa shape index (κ1) is 28.2. The van der Waals surface area contributed by atoms with E-state index in [1.54, 1.807) is 67.5 Å². The molecule has 6 nitrogen and oxygen atoms in total. The molecule has 8 heteroatoms. The first-order valence-electron chi connectivity index (χ1n) is 11.2. The number of sulfonamides is 2. The Morgan fingerprint density at radius 1 is 0.529 bits per heavy atom. The molecule has 0 aliphatic carbocycles. The lowest BCUT2D eigenvalue weighted by atomic mass is 9.87. The molecule has 0 aliphatic rings. The van der Waals surface area contributed by atoms with Crippen molar-refractivity contribution in [1.29, 1.82) is 0 Å². The molecule has 2 rings (SSSR count). The smallest absolute Gasteiger partial charge is 0.212 e. The van der Waals surface area contributed by atoms with E-state index >= 15 is 0 Å². The van der Waals surface area contributed by atoms with E-state index in [0.29, 0.717) is 0 Å². The zero-order chi connectivity index (χ0) is 26.1. The molecule has 0 spiro atoms. The molecule has 0 amide bonds. The van der Waals surface area contributed by atoms with Crippen molar-refractivity contribution < 1.29 is 16.8 Å². The van der Waals surface area contributed by atoms with Gasteiger partial charge in [0.2, 0.25) is 20.0 Å². The Labute approximate surface area is 206 Å². The molecule has 2 N–H and O–H groups in total. The highest BCUT2D eigenvalue weighted by molar-refractivity contribution is 7.91. The van der Waals surface area contributed by atoms with Gasteiger partial charge in [0, 0.05) is 0 Å². The van der Waals surface area contributed by atoms with Crippen molar-refractivity contribution in [3.8, 4) is 0 Å². The highest BCUT2D eigenvalue weighted by Gasteiger charge is 2.39. The Kier molecular flexibility index (Phi) is 7.95. The maximum Gasteiger partial charge on any atom is 0.217 e. The molecule has 0 heterocycles. The van der Waals surface area contributed by atoms with Crippen LogP contribution < -0.4 is 9.44 Å². The normalized spacial score (nSPS) is 17.3. The van der Waals surface area contributed by atoms with Gasteiger partial charge in [-0.25, -0.2) is 26.3 Å². The molecule has 0 aromatic heterocycles. The minimum Gasteiger partial charge on any atom is -0.212 e. The average molecular weight is 507 g/mol. The van der Waals surface area contributed by atoms with Gasteiger partial charge in [-0.05, 0) is 66.5 Å². The Morgan fingerprint density at radius 2 is 0.794 bits per heavy atom. The number of hydrogen-bond donors (Lipinski definition) is 2. The minimum atomic E-state index is -3.73. The van der Waals surface area contributed by atoms with Crippen molar-refractivity contribution in [3.05, 3.63) is 83.9 Å². The van der Waals surface area contributed by atoms with E-state index in [1.807, 2.05) is 60.7 Å². The van der Waals surface area contributed by atoms with Gasteiger partial charge in [0.1, 0.15) is 0 Å². The summed E-state index contributed by atoms with van der Waals surface area (Å²) < 4.78 is 56.2. The molecule has 0 saturated carbocycles. The molecule has 188 valence electrons. The van der Waals surface area contributed by atoms with Gasteiger partial charge in [0.05, 0.1) is 20.6 Å². The number of hydrogen-bond acceptors (Lipinski definition) is 4. The summed E-state index contributed by atoms with van der Waals surface area (Å²) in [5.74, 6) is 0. The zero-order valence-electron chi connectivity index (χ0n) is 21.4. The molecular weight excluding hydrogens is 468 g/mol. The highest BCUT2D eigenvalue weighted by atomic mass is 32.2. The first-order chi connectivity index (χ1) is 15.3. The molecule has 0 unspecified atom stereocenters. The number of benzene rings is 2. The monoisotopic (exact) mass is 506 g/mol. The summed E-state index contributed by atoms with van der Waals surface area (Å²) in [5, 5.41) is 0. The van der Waals surface area contributed by atoms with Gasteiger partial charge in [0.15, 0.2) is 0 Å². The summed E-state index contributed by atoms with van der Waals surface area (Å²) in [6.07, 6.45) is 3.45. The van der Waals surface area contributed by atoms with Gasteiger partial charge in [-0.15, -0.1) is 0 Å². The summed E-state index contributed by atoms with van der Waals surface area (Å²) in [7, 11) is -7.47. The van der Waals surface area contributed by atoms with Crippen molar-refractivity contribution in [2.45, 2.75) is 76.0 Å². The van der Waals surface area contributed by atoms with Gasteiger partial charge in [-0.1, -0.05) is 72.8 Å². The quantitative estimate of drug-likeness (QED) is 0.503. The Bertz CT molecular complexity index is 1110. The number of nitrogens with one attached hydrogen (secondary N) is 2. The van der Waals surface area contributed by atoms with Gasteiger partial charge >= 0.3 is 0 Å². The van der Waals surface area contributed by atoms with Gasteiger partial charge in [-0.3, -0.25) is 0 Å². The van der Waals surface area contributed by atoms with Crippen molar-refractivity contribution in [1.82, 2.24) is 9.44 Å². The maximum absolute atomic E-state index is 13.1. The molecule has 0 bridgehead atoms. The predicted molar refractivity (Wildman–Crippen MR) is 140 cm³/mol. The van der Waals surface area contributed by atoms with E-state index < -0.39 is 40.6 Å². The molecule has 2 aromatic rings. The first-order valence-corrected chi connectivity index (χ1v) is 14.2. The fraction of sp³-hybridized carbons (Fsp3) is 0.462. The SMILES string of the molecule is CC(C)(C)S(=O)(=O)N[C@](C)(C=C[C@@](C)(NS(=O)(=O)C(C)(C)C)c1ccccc1)c1ccccc1. The van der Waals surface area contributed by atoms with Gasteiger partial charge in [-0.2, -0.15) is 0 Å². The van der Waals surface area contributed by atoms with Gasteiger partial charge in [0.25, 0.3) is 0 Å². The topological polar surface area (TPSA) is 92.3 Å². The summed E-state index contributed by atoms with van der Waals surface area (Å²) in [6, 6.07) is 18.4. The van der Waals surface area contributed by atoms with E-state index in [-0.39, 0.29) is 0 Å². The van der Waals surface area contributed by atoms with Crippen LogP contribution in [0.15, 0.2) is 72.8 Å². The molecule has 2 aromatic carbocycles. The Balaban J connectivity index is 2.68. The third-order valence-electron chi connectivity index (χ3n) is 5.80. The molecule has 0 fully saturated rings. The molecule has 2 atom stereocenters. The molecule has 34 heavy (non-hydrogen) atoms. The van der Waals surface area contributed by atoms with Crippen LogP contribution in [-0.4, -0.2) is 26.3 Å². The largest absolute Gasteiger partial charge is 0.217 e. The predicted octanol–water partition coefficient (Wildman–Crippen LogP) is 4.81. The van der Waals surface area contributed by atoms with E-state index in [2.05, 4.69) is 9.44 Å². The zero-order valence-corrected chi connectivity index (χ0v) is 23.0. The van der Waals surface area contributed by atoms with Crippen LogP contribution in [0.2, 0.25) is 0 Å². The lowest BCUT2D eigenvalue weighted by molar-refractivity contribution is 0.473. The lowest BCUT2D eigenvalue weighted by Gasteiger charge is -2.35. The van der Waals surface area contributed by atoms with Crippen molar-refractivity contribution >= 4 is 20.0 Å². The molecule has 0 radical (unpaired) electrons. The van der Waals surface area contributed by atoms with Gasteiger partial charge < -0.3 is 0 Å². The van der Waals surface area contributed by atoms with Crippen LogP contribution in [0, 0.1) is 0 Å². The fourth-order valence-corrected chi connectivity index (χ4v) is 5.25. The van der Waals surface area contributed by atoms with Crippen LogP contribution in [0.25, 0.3) is 0 Å². The third kappa shape index (κ3) is 6.36. The minimum absolute atomic E-state index is 0.730. The van der Waals surface area contributed by atoms with Crippen LogP contribution in [0.1, 0.15) is 66.5 Å². The summed E-state index contributed by atoms with van der Waals surface area (Å²) in [4.78, 5) is 0. The summed E-state index contributed by atoms with van der Waals surface area (Å²) >= 11 is 0. The molecular formula is C26H38N2O4S2. The van der Waals surface area contributed by atoms with E-state index in [4.69, 9.17) is 0 Å². The van der Waals surface area contributed by atoms with Crippen molar-refractivity contribution in [3.63, 3.8) is 0 Å². The van der Waals surface area contributed by atoms with Crippen LogP contribution >= 0.6 is 0 Å². The van der Waals surface area contributed by atoms with Crippen LogP contribution in [0.3, 0.4) is 0 Å². The number of rotatable bonds is 8. The Hall–Kier alpha value is -2.00. The second kappa shape index (κ2) is 9.57. The second-order valence-electron chi connectivity index (χ2n) is 10.9. The standard InChI is InChI=1S/C26H38N2O4S2/c1-23(2,3)33(29,30)27-25(7,21-15-11-9-12-16-21)19-20-26(8,22-17-13-10-14-18-22)28-34(31,32)24(4,5)6/h9-20,27-28H,1-8H3/t25-,26-/m1/s1. The van der Waals surface area contributed by atoms with Crippen molar-refractivity contribution in [2.24, 2.45) is 0 Å². The van der Waals surface area contributed by atoms with Crippen LogP contribution in [0.4, 0.5) is 0 Å². The lowest BCUT2D eigenvalue weighted by Crippen LogP contribution is -2.51. The molecule has 0 saturated heterocycles. The van der Waals surface area contributed by atoms with E-state index in [9.17, 15) is 16.8 Å². The van der Waals surface area contributed by atoms with E-state index in [0.717, 1.165) is 11.1 Å².